The molecule has 0 unspecified atom stereocenters. The predicted octanol–water partition coefficient (Wildman–Crippen LogP) is 2.33. The van der Waals surface area contributed by atoms with Crippen LogP contribution in [0.2, 0.25) is 0 Å². The van der Waals surface area contributed by atoms with Gasteiger partial charge in [0.2, 0.25) is 0 Å². The highest BCUT2D eigenvalue weighted by Gasteiger charge is 2.06. The maximum absolute atomic E-state index is 9.29. The lowest BCUT2D eigenvalue weighted by Crippen LogP contribution is -2.01. The highest BCUT2D eigenvalue weighted by atomic mass is 16.5. The van der Waals surface area contributed by atoms with E-state index in [0.29, 0.717) is 18.1 Å². The predicted molar refractivity (Wildman–Crippen MR) is 70.4 cm³/mol. The second kappa shape index (κ2) is 5.98. The van der Waals surface area contributed by atoms with Gasteiger partial charge < -0.3 is 9.84 Å². The average Bonchev–Trinajstić information content (AvgIpc) is 2.46. The number of rotatable bonds is 4. The van der Waals surface area contributed by atoms with Gasteiger partial charge in [0.15, 0.2) is 0 Å². The third-order valence-electron chi connectivity index (χ3n) is 2.79. The summed E-state index contributed by atoms with van der Waals surface area (Å²) in [6.07, 6.45) is 1.59. The minimum Gasteiger partial charge on any atom is -0.488 e. The van der Waals surface area contributed by atoms with Gasteiger partial charge in [-0.05, 0) is 30.2 Å². The minimum atomic E-state index is -0.0587. The molecule has 2 aromatic rings. The SMILES string of the molecule is Cc1cccc(CO)c1OCc1ccnc(C#N)c1. The standard InChI is InChI=1S/C15H14N2O2/c1-11-3-2-4-13(9-18)15(11)19-10-12-5-6-17-14(7-12)8-16/h2-7,18H,9-10H2,1H3. The Balaban J connectivity index is 2.17. The fourth-order valence-corrected chi connectivity index (χ4v) is 1.82. The van der Waals surface area contributed by atoms with E-state index in [4.69, 9.17) is 10.00 Å². The number of nitrogens with zero attached hydrogens (tertiary/aromatic N) is 2. The molecule has 0 aliphatic carbocycles. The second-order valence-corrected chi connectivity index (χ2v) is 4.17. The molecule has 1 heterocycles. The maximum atomic E-state index is 9.29. The van der Waals surface area contributed by atoms with Gasteiger partial charge in [0, 0.05) is 11.8 Å². The van der Waals surface area contributed by atoms with Crippen LogP contribution >= 0.6 is 0 Å². The lowest BCUT2D eigenvalue weighted by molar-refractivity contribution is 0.258. The molecule has 0 saturated carbocycles. The highest BCUT2D eigenvalue weighted by Crippen LogP contribution is 2.24. The Morgan fingerprint density at radius 2 is 2.21 bits per heavy atom. The topological polar surface area (TPSA) is 66.1 Å². The zero-order valence-electron chi connectivity index (χ0n) is 10.6. The van der Waals surface area contributed by atoms with Crippen LogP contribution in [0.25, 0.3) is 0 Å². The molecule has 0 aliphatic heterocycles. The number of hydrogen-bond acceptors (Lipinski definition) is 4. The number of benzene rings is 1. The zero-order chi connectivity index (χ0) is 13.7. The fourth-order valence-electron chi connectivity index (χ4n) is 1.82. The molecule has 19 heavy (non-hydrogen) atoms. The first-order valence-corrected chi connectivity index (χ1v) is 5.91. The third kappa shape index (κ3) is 3.09. The maximum Gasteiger partial charge on any atom is 0.140 e. The van der Waals surface area contributed by atoms with Gasteiger partial charge in [-0.2, -0.15) is 5.26 Å². The van der Waals surface area contributed by atoms with E-state index in [2.05, 4.69) is 4.98 Å². The molecule has 0 saturated heterocycles. The summed E-state index contributed by atoms with van der Waals surface area (Å²) in [5.41, 5.74) is 2.97. The van der Waals surface area contributed by atoms with E-state index < -0.39 is 0 Å². The van der Waals surface area contributed by atoms with Crippen molar-refractivity contribution in [2.45, 2.75) is 20.1 Å². The first-order chi connectivity index (χ1) is 9.24. The van der Waals surface area contributed by atoms with E-state index >= 15 is 0 Å². The number of aliphatic hydroxyl groups excluding tert-OH is 1. The van der Waals surface area contributed by atoms with Gasteiger partial charge in [-0.1, -0.05) is 18.2 Å². The second-order valence-electron chi connectivity index (χ2n) is 4.17. The minimum absolute atomic E-state index is 0.0587. The van der Waals surface area contributed by atoms with Gasteiger partial charge in [-0.3, -0.25) is 0 Å². The summed E-state index contributed by atoms with van der Waals surface area (Å²) in [5, 5.41) is 18.1. The Morgan fingerprint density at radius 1 is 1.37 bits per heavy atom. The van der Waals surface area contributed by atoms with Crippen LogP contribution in [0, 0.1) is 18.3 Å². The zero-order valence-corrected chi connectivity index (χ0v) is 10.6. The molecule has 0 spiro atoms. The van der Waals surface area contributed by atoms with Crippen LogP contribution in [-0.4, -0.2) is 10.1 Å². The van der Waals surface area contributed by atoms with Crippen molar-refractivity contribution in [2.75, 3.05) is 0 Å². The van der Waals surface area contributed by atoms with Gasteiger partial charge in [0.25, 0.3) is 0 Å². The number of aryl methyl sites for hydroxylation is 1. The molecule has 0 amide bonds. The lowest BCUT2D eigenvalue weighted by atomic mass is 10.1. The van der Waals surface area contributed by atoms with Gasteiger partial charge in [0.1, 0.15) is 24.1 Å². The largest absolute Gasteiger partial charge is 0.488 e. The summed E-state index contributed by atoms with van der Waals surface area (Å²) in [7, 11) is 0. The first kappa shape index (κ1) is 13.1. The molecule has 1 aromatic heterocycles. The van der Waals surface area contributed by atoms with Gasteiger partial charge in [-0.15, -0.1) is 0 Å². The number of nitriles is 1. The molecule has 96 valence electrons. The van der Waals surface area contributed by atoms with Crippen LogP contribution in [0.15, 0.2) is 36.5 Å². The monoisotopic (exact) mass is 254 g/mol. The normalized spacial score (nSPS) is 9.95. The Kier molecular flexibility index (Phi) is 4.11. The Labute approximate surface area is 111 Å². The number of ether oxygens (including phenoxy) is 1. The molecule has 0 atom stereocenters. The van der Waals surface area contributed by atoms with Crippen molar-refractivity contribution in [1.29, 1.82) is 5.26 Å². The smallest absolute Gasteiger partial charge is 0.140 e. The summed E-state index contributed by atoms with van der Waals surface area (Å²) < 4.78 is 5.75. The Hall–Kier alpha value is -2.38. The van der Waals surface area contributed by atoms with Crippen LogP contribution in [0.5, 0.6) is 5.75 Å². The van der Waals surface area contributed by atoms with Crippen LogP contribution in [0.1, 0.15) is 22.4 Å². The van der Waals surface area contributed by atoms with Crippen LogP contribution in [0.4, 0.5) is 0 Å². The van der Waals surface area contributed by atoms with Crippen molar-refractivity contribution >= 4 is 0 Å². The van der Waals surface area contributed by atoms with Crippen molar-refractivity contribution in [3.63, 3.8) is 0 Å². The van der Waals surface area contributed by atoms with Crippen molar-refractivity contribution in [2.24, 2.45) is 0 Å². The summed E-state index contributed by atoms with van der Waals surface area (Å²) in [6, 6.07) is 11.1. The fraction of sp³-hybridized carbons (Fsp3) is 0.200. The first-order valence-electron chi connectivity index (χ1n) is 5.91. The van der Waals surface area contributed by atoms with Gasteiger partial charge in [-0.25, -0.2) is 4.98 Å². The number of aromatic nitrogens is 1. The molecule has 0 radical (unpaired) electrons. The summed E-state index contributed by atoms with van der Waals surface area (Å²) in [5.74, 6) is 0.695. The molecule has 1 aromatic carbocycles. The van der Waals surface area contributed by atoms with Gasteiger partial charge >= 0.3 is 0 Å². The molecule has 1 N–H and O–H groups in total. The number of hydrogen-bond donors (Lipinski definition) is 1. The van der Waals surface area contributed by atoms with E-state index in [0.717, 1.165) is 16.7 Å². The molecule has 4 heteroatoms. The average molecular weight is 254 g/mol. The number of pyridine rings is 1. The van der Waals surface area contributed by atoms with Gasteiger partial charge in [0.05, 0.1) is 6.61 Å². The van der Waals surface area contributed by atoms with Crippen LogP contribution in [0.3, 0.4) is 0 Å². The molecule has 0 bridgehead atoms. The van der Waals surface area contributed by atoms with Crippen LogP contribution < -0.4 is 4.74 Å². The Morgan fingerprint density at radius 3 is 2.95 bits per heavy atom. The van der Waals surface area contributed by atoms with E-state index in [1.165, 1.54) is 0 Å². The number of para-hydroxylation sites is 1. The van der Waals surface area contributed by atoms with Crippen molar-refractivity contribution in [1.82, 2.24) is 4.98 Å². The summed E-state index contributed by atoms with van der Waals surface area (Å²) in [6.45, 7) is 2.22. The van der Waals surface area contributed by atoms with Crippen molar-refractivity contribution in [3.8, 4) is 11.8 Å². The van der Waals surface area contributed by atoms with E-state index in [1.54, 1.807) is 18.3 Å². The molecule has 0 fully saturated rings. The molecular formula is C15H14N2O2. The van der Waals surface area contributed by atoms with E-state index in [1.807, 2.05) is 31.2 Å². The molecule has 0 aliphatic rings. The molecule has 2 rings (SSSR count). The lowest BCUT2D eigenvalue weighted by Gasteiger charge is -2.12. The number of aliphatic hydroxyl groups is 1. The van der Waals surface area contributed by atoms with Crippen molar-refractivity contribution in [3.05, 3.63) is 58.9 Å². The van der Waals surface area contributed by atoms with Crippen molar-refractivity contribution < 1.29 is 9.84 Å². The molecular weight excluding hydrogens is 240 g/mol. The molecule has 4 nitrogen and oxygen atoms in total. The quantitative estimate of drug-likeness (QED) is 0.909. The Bertz CT molecular complexity index is 618. The van der Waals surface area contributed by atoms with E-state index in [-0.39, 0.29) is 6.61 Å². The summed E-state index contributed by atoms with van der Waals surface area (Å²) in [4.78, 5) is 3.91. The van der Waals surface area contributed by atoms with Crippen LogP contribution in [-0.2, 0) is 13.2 Å². The highest BCUT2D eigenvalue weighted by molar-refractivity contribution is 5.40. The van der Waals surface area contributed by atoms with E-state index in [9.17, 15) is 5.11 Å². The third-order valence-corrected chi connectivity index (χ3v) is 2.79. The summed E-state index contributed by atoms with van der Waals surface area (Å²) >= 11 is 0.